The second-order valence-electron chi connectivity index (χ2n) is 6.52. The summed E-state index contributed by atoms with van der Waals surface area (Å²) in [6.45, 7) is 3.68. The zero-order chi connectivity index (χ0) is 19.0. The van der Waals surface area contributed by atoms with Crippen LogP contribution in [0.5, 0.6) is 0 Å². The fourth-order valence-corrected chi connectivity index (χ4v) is 5.70. The fraction of sp³-hybridized carbons (Fsp3) is 0.278. The van der Waals surface area contributed by atoms with Gasteiger partial charge in [0.25, 0.3) is 10.0 Å². The zero-order valence-corrected chi connectivity index (χ0v) is 17.1. The van der Waals surface area contributed by atoms with Crippen LogP contribution in [0, 0.1) is 0 Å². The molecule has 3 aromatic rings. The van der Waals surface area contributed by atoms with Crippen molar-refractivity contribution in [2.75, 3.05) is 42.8 Å². The molecule has 0 amide bonds. The number of hydrogen-bond acceptors (Lipinski definition) is 6. The van der Waals surface area contributed by atoms with E-state index >= 15 is 0 Å². The molecule has 0 spiro atoms. The number of sulfonamides is 1. The normalized spacial score (nSPS) is 16.0. The number of nitrogens with zero attached hydrogens (tertiary/aromatic N) is 3. The number of pyridine rings is 1. The standard InChI is InChI=1S/C18H19ClN4O2S2/c1-22-7-9-23(10-8-22)18-15-12-17(26-16(15)5-6-20-18)27(24,25)21-14-4-2-3-13(19)11-14/h2-6,11-12,21H,7-10H2,1H3. The van der Waals surface area contributed by atoms with Crippen LogP contribution < -0.4 is 9.62 Å². The highest BCUT2D eigenvalue weighted by atomic mass is 35.5. The second kappa shape index (κ2) is 7.27. The topological polar surface area (TPSA) is 65.5 Å². The number of anilines is 2. The predicted molar refractivity (Wildman–Crippen MR) is 112 cm³/mol. The maximum absolute atomic E-state index is 12.8. The van der Waals surface area contributed by atoms with Crippen LogP contribution in [0.3, 0.4) is 0 Å². The monoisotopic (exact) mass is 422 g/mol. The summed E-state index contributed by atoms with van der Waals surface area (Å²) >= 11 is 7.20. The number of benzene rings is 1. The number of likely N-dealkylation sites (N-methyl/N-ethyl adjacent to an activating group) is 1. The lowest BCUT2D eigenvalue weighted by Gasteiger charge is -2.33. The van der Waals surface area contributed by atoms with Crippen LogP contribution >= 0.6 is 22.9 Å². The molecule has 0 radical (unpaired) electrons. The number of thiophene rings is 1. The molecule has 9 heteroatoms. The Kier molecular flexibility index (Phi) is 4.98. The number of piperazine rings is 1. The first kappa shape index (κ1) is 18.5. The van der Waals surface area contributed by atoms with E-state index in [1.54, 1.807) is 36.5 Å². The van der Waals surface area contributed by atoms with Crippen molar-refractivity contribution in [2.24, 2.45) is 0 Å². The molecule has 1 aliphatic rings. The highest BCUT2D eigenvalue weighted by Crippen LogP contribution is 2.35. The molecule has 1 aliphatic heterocycles. The van der Waals surface area contributed by atoms with Crippen molar-refractivity contribution < 1.29 is 8.42 Å². The Bertz CT molecular complexity index is 1080. The summed E-state index contributed by atoms with van der Waals surface area (Å²) in [4.78, 5) is 9.02. The van der Waals surface area contributed by atoms with E-state index < -0.39 is 10.0 Å². The first-order valence-corrected chi connectivity index (χ1v) is 11.2. The molecule has 1 aromatic carbocycles. The zero-order valence-electron chi connectivity index (χ0n) is 14.7. The summed E-state index contributed by atoms with van der Waals surface area (Å²) < 4.78 is 29.4. The predicted octanol–water partition coefficient (Wildman–Crippen LogP) is 3.50. The first-order chi connectivity index (χ1) is 12.9. The van der Waals surface area contributed by atoms with Crippen molar-refractivity contribution in [1.82, 2.24) is 9.88 Å². The van der Waals surface area contributed by atoms with Gasteiger partial charge in [0.05, 0.1) is 5.69 Å². The van der Waals surface area contributed by atoms with Gasteiger partial charge in [-0.1, -0.05) is 17.7 Å². The third-order valence-corrected chi connectivity index (χ3v) is 7.74. The Labute approximate surface area is 167 Å². The third-order valence-electron chi connectivity index (χ3n) is 4.55. The number of fused-ring (bicyclic) bond motifs is 1. The van der Waals surface area contributed by atoms with E-state index in [2.05, 4.69) is 26.6 Å². The average molecular weight is 423 g/mol. The van der Waals surface area contributed by atoms with E-state index in [0.717, 1.165) is 42.1 Å². The Morgan fingerprint density at radius 2 is 1.93 bits per heavy atom. The molecule has 0 bridgehead atoms. The van der Waals surface area contributed by atoms with Gasteiger partial charge in [-0.25, -0.2) is 13.4 Å². The van der Waals surface area contributed by atoms with Crippen molar-refractivity contribution in [3.05, 3.63) is 47.6 Å². The first-order valence-electron chi connectivity index (χ1n) is 8.53. The Balaban J connectivity index is 1.68. The van der Waals surface area contributed by atoms with Crippen molar-refractivity contribution in [2.45, 2.75) is 4.21 Å². The minimum absolute atomic E-state index is 0.265. The molecule has 0 atom stereocenters. The van der Waals surface area contributed by atoms with Gasteiger partial charge in [-0.15, -0.1) is 11.3 Å². The number of halogens is 1. The van der Waals surface area contributed by atoms with Crippen LogP contribution in [0.4, 0.5) is 11.5 Å². The maximum Gasteiger partial charge on any atom is 0.271 e. The van der Waals surface area contributed by atoms with Gasteiger partial charge in [0, 0.05) is 47.5 Å². The Hall–Kier alpha value is -1.87. The smallest absolute Gasteiger partial charge is 0.271 e. The second-order valence-corrected chi connectivity index (χ2v) is 9.95. The molecular formula is C18H19ClN4O2S2. The van der Waals surface area contributed by atoms with Crippen LogP contribution in [0.1, 0.15) is 0 Å². The number of rotatable bonds is 4. The molecule has 0 aliphatic carbocycles. The van der Waals surface area contributed by atoms with Crippen LogP contribution in [0.2, 0.25) is 5.02 Å². The maximum atomic E-state index is 12.8. The minimum atomic E-state index is -3.69. The summed E-state index contributed by atoms with van der Waals surface area (Å²) in [6.07, 6.45) is 1.74. The molecule has 1 N–H and O–H groups in total. The van der Waals surface area contributed by atoms with Gasteiger partial charge in [0.2, 0.25) is 0 Å². The summed E-state index contributed by atoms with van der Waals surface area (Å²) in [5.41, 5.74) is 0.442. The van der Waals surface area contributed by atoms with E-state index in [0.29, 0.717) is 10.7 Å². The molecule has 2 aromatic heterocycles. The molecule has 6 nitrogen and oxygen atoms in total. The van der Waals surface area contributed by atoms with Crippen LogP contribution in [0.25, 0.3) is 10.1 Å². The van der Waals surface area contributed by atoms with E-state index in [1.807, 2.05) is 6.07 Å². The lowest BCUT2D eigenvalue weighted by Crippen LogP contribution is -2.44. The molecule has 3 heterocycles. The molecular weight excluding hydrogens is 404 g/mol. The largest absolute Gasteiger partial charge is 0.354 e. The average Bonchev–Trinajstić information content (AvgIpc) is 3.07. The lowest BCUT2D eigenvalue weighted by atomic mass is 10.2. The van der Waals surface area contributed by atoms with Gasteiger partial charge in [-0.3, -0.25) is 4.72 Å². The Morgan fingerprint density at radius 1 is 1.15 bits per heavy atom. The van der Waals surface area contributed by atoms with Gasteiger partial charge in [-0.2, -0.15) is 0 Å². The van der Waals surface area contributed by atoms with Crippen LogP contribution in [-0.2, 0) is 10.0 Å². The van der Waals surface area contributed by atoms with Gasteiger partial charge in [-0.05, 0) is 37.4 Å². The number of hydrogen-bond donors (Lipinski definition) is 1. The SMILES string of the molecule is CN1CCN(c2nccc3sc(S(=O)(=O)Nc4cccc(Cl)c4)cc23)CC1. The van der Waals surface area contributed by atoms with Crippen molar-refractivity contribution in [1.29, 1.82) is 0 Å². The van der Waals surface area contributed by atoms with Gasteiger partial charge >= 0.3 is 0 Å². The lowest BCUT2D eigenvalue weighted by molar-refractivity contribution is 0.312. The van der Waals surface area contributed by atoms with Crippen molar-refractivity contribution >= 4 is 54.6 Å². The quantitative estimate of drug-likeness (QED) is 0.697. The molecule has 4 rings (SSSR count). The summed E-state index contributed by atoms with van der Waals surface area (Å²) in [6, 6.07) is 10.2. The van der Waals surface area contributed by atoms with E-state index in [1.165, 1.54) is 11.3 Å². The van der Waals surface area contributed by atoms with E-state index in [4.69, 9.17) is 11.6 Å². The van der Waals surface area contributed by atoms with Crippen LogP contribution in [0.15, 0.2) is 46.8 Å². The molecule has 27 heavy (non-hydrogen) atoms. The minimum Gasteiger partial charge on any atom is -0.354 e. The van der Waals surface area contributed by atoms with Crippen LogP contribution in [-0.4, -0.2) is 51.5 Å². The highest BCUT2D eigenvalue weighted by Gasteiger charge is 2.22. The highest BCUT2D eigenvalue weighted by molar-refractivity contribution is 7.94. The Morgan fingerprint density at radius 3 is 2.67 bits per heavy atom. The van der Waals surface area contributed by atoms with Gasteiger partial charge < -0.3 is 9.80 Å². The van der Waals surface area contributed by atoms with E-state index in [-0.39, 0.29) is 4.21 Å². The van der Waals surface area contributed by atoms with E-state index in [9.17, 15) is 8.42 Å². The molecule has 1 fully saturated rings. The molecule has 142 valence electrons. The van der Waals surface area contributed by atoms with Crippen molar-refractivity contribution in [3.8, 4) is 0 Å². The summed E-state index contributed by atoms with van der Waals surface area (Å²) in [7, 11) is -1.59. The molecule has 1 saturated heterocycles. The number of aromatic nitrogens is 1. The molecule has 0 unspecified atom stereocenters. The van der Waals surface area contributed by atoms with Gasteiger partial charge in [0.15, 0.2) is 0 Å². The summed E-state index contributed by atoms with van der Waals surface area (Å²) in [5, 5.41) is 1.35. The third kappa shape index (κ3) is 3.89. The van der Waals surface area contributed by atoms with Crippen molar-refractivity contribution in [3.63, 3.8) is 0 Å². The fourth-order valence-electron chi connectivity index (χ4n) is 3.09. The number of nitrogens with one attached hydrogen (secondary N) is 1. The van der Waals surface area contributed by atoms with Gasteiger partial charge in [0.1, 0.15) is 10.0 Å². The summed E-state index contributed by atoms with van der Waals surface area (Å²) in [5.74, 6) is 0.848. The molecule has 0 saturated carbocycles.